The molecule has 1 atom stereocenters. The zero-order valence-corrected chi connectivity index (χ0v) is 12.0. The van der Waals surface area contributed by atoms with Gasteiger partial charge in [0, 0.05) is 33.4 Å². The van der Waals surface area contributed by atoms with Gasteiger partial charge < -0.3 is 10.1 Å². The second kappa shape index (κ2) is 5.85. The van der Waals surface area contributed by atoms with E-state index < -0.39 is 10.0 Å². The van der Waals surface area contributed by atoms with E-state index in [2.05, 4.69) is 10.3 Å². The summed E-state index contributed by atoms with van der Waals surface area (Å²) in [4.78, 5) is 4.29. The Hall–Kier alpha value is -1.18. The lowest BCUT2D eigenvalue weighted by Crippen LogP contribution is -2.29. The summed E-state index contributed by atoms with van der Waals surface area (Å²) in [6, 6.07) is 3.24. The number of anilines is 1. The van der Waals surface area contributed by atoms with Crippen LogP contribution in [0.25, 0.3) is 0 Å². The van der Waals surface area contributed by atoms with Crippen LogP contribution in [-0.4, -0.2) is 51.6 Å². The second-order valence-electron chi connectivity index (χ2n) is 4.60. The van der Waals surface area contributed by atoms with Crippen molar-refractivity contribution < 1.29 is 13.2 Å². The van der Waals surface area contributed by atoms with Gasteiger partial charge in [0.2, 0.25) is 10.0 Å². The van der Waals surface area contributed by atoms with Crippen LogP contribution >= 0.6 is 0 Å². The highest BCUT2D eigenvalue weighted by Crippen LogP contribution is 2.24. The summed E-state index contributed by atoms with van der Waals surface area (Å²) >= 11 is 0. The number of nitrogens with zero attached hydrogens (tertiary/aromatic N) is 2. The van der Waals surface area contributed by atoms with Crippen molar-refractivity contribution in [3.8, 4) is 0 Å². The van der Waals surface area contributed by atoms with Gasteiger partial charge in [-0.05, 0) is 24.5 Å². The fourth-order valence-electron chi connectivity index (χ4n) is 2.22. The highest BCUT2D eigenvalue weighted by atomic mass is 32.2. The van der Waals surface area contributed by atoms with Crippen molar-refractivity contribution in [3.63, 3.8) is 0 Å². The molecule has 1 aliphatic rings. The van der Waals surface area contributed by atoms with Gasteiger partial charge in [0.05, 0.1) is 6.61 Å². The van der Waals surface area contributed by atoms with Crippen LogP contribution in [0.3, 0.4) is 0 Å². The van der Waals surface area contributed by atoms with Gasteiger partial charge >= 0.3 is 0 Å². The Kier molecular flexibility index (Phi) is 4.38. The first-order chi connectivity index (χ1) is 9.07. The van der Waals surface area contributed by atoms with Gasteiger partial charge in [-0.2, -0.15) is 4.31 Å². The standard InChI is InChI=1S/C12H19N3O3S/c1-13-12-4-3-11(7-14-12)19(16,17)15-6-5-10(8-15)9-18-2/h3-4,7,10H,5-6,8-9H2,1-2H3,(H,13,14). The smallest absolute Gasteiger partial charge is 0.244 e. The Morgan fingerprint density at radius 1 is 1.53 bits per heavy atom. The van der Waals surface area contributed by atoms with Crippen molar-refractivity contribution in [3.05, 3.63) is 18.3 Å². The van der Waals surface area contributed by atoms with Crippen molar-refractivity contribution in [1.29, 1.82) is 0 Å². The minimum atomic E-state index is -3.43. The van der Waals surface area contributed by atoms with E-state index in [0.717, 1.165) is 6.42 Å². The molecule has 19 heavy (non-hydrogen) atoms. The number of ether oxygens (including phenoxy) is 1. The number of hydrogen-bond donors (Lipinski definition) is 1. The average molecular weight is 285 g/mol. The molecule has 1 N–H and O–H groups in total. The van der Waals surface area contributed by atoms with E-state index in [9.17, 15) is 8.42 Å². The van der Waals surface area contributed by atoms with Crippen LogP contribution in [0, 0.1) is 5.92 Å². The van der Waals surface area contributed by atoms with Crippen molar-refractivity contribution in [1.82, 2.24) is 9.29 Å². The minimum Gasteiger partial charge on any atom is -0.384 e. The SMILES string of the molecule is CNc1ccc(S(=O)(=O)N2CCC(COC)C2)cn1. The Balaban J connectivity index is 2.13. The van der Waals surface area contributed by atoms with Crippen LogP contribution in [0.1, 0.15) is 6.42 Å². The Bertz CT molecular complexity index is 516. The molecule has 2 rings (SSSR count). The molecule has 6 nitrogen and oxygen atoms in total. The van der Waals surface area contributed by atoms with Crippen molar-refractivity contribution in [2.45, 2.75) is 11.3 Å². The topological polar surface area (TPSA) is 71.5 Å². The molecule has 106 valence electrons. The van der Waals surface area contributed by atoms with Crippen molar-refractivity contribution in [2.24, 2.45) is 5.92 Å². The Morgan fingerprint density at radius 2 is 2.32 bits per heavy atom. The van der Waals surface area contributed by atoms with Crippen LogP contribution in [-0.2, 0) is 14.8 Å². The third-order valence-electron chi connectivity index (χ3n) is 3.28. The van der Waals surface area contributed by atoms with E-state index in [1.165, 1.54) is 10.5 Å². The fourth-order valence-corrected chi connectivity index (χ4v) is 3.69. The third kappa shape index (κ3) is 3.05. The average Bonchev–Trinajstić information content (AvgIpc) is 2.89. The number of hydrogen-bond acceptors (Lipinski definition) is 5. The van der Waals surface area contributed by atoms with Crippen LogP contribution in [0.15, 0.2) is 23.2 Å². The lowest BCUT2D eigenvalue weighted by molar-refractivity contribution is 0.157. The Labute approximate surface area is 113 Å². The maximum atomic E-state index is 12.4. The predicted octanol–water partition coefficient (Wildman–Crippen LogP) is 0.780. The van der Waals surface area contributed by atoms with Gasteiger partial charge in [-0.15, -0.1) is 0 Å². The number of methoxy groups -OCH3 is 1. The summed E-state index contributed by atoms with van der Waals surface area (Å²) in [6.07, 6.45) is 2.24. The molecule has 0 bridgehead atoms. The number of sulfonamides is 1. The number of nitrogens with one attached hydrogen (secondary N) is 1. The van der Waals surface area contributed by atoms with Gasteiger partial charge in [0.15, 0.2) is 0 Å². The van der Waals surface area contributed by atoms with Gasteiger partial charge in [-0.25, -0.2) is 13.4 Å². The predicted molar refractivity (Wildman–Crippen MR) is 72.5 cm³/mol. The summed E-state index contributed by atoms with van der Waals surface area (Å²) in [7, 11) is -0.0486. The highest BCUT2D eigenvalue weighted by Gasteiger charge is 2.32. The van der Waals surface area contributed by atoms with Crippen LogP contribution in [0.5, 0.6) is 0 Å². The molecule has 1 aromatic rings. The number of rotatable bonds is 5. The van der Waals surface area contributed by atoms with Crippen LogP contribution < -0.4 is 5.32 Å². The first-order valence-corrected chi connectivity index (χ1v) is 7.65. The molecule has 2 heterocycles. The van der Waals surface area contributed by atoms with E-state index in [1.807, 2.05) is 0 Å². The van der Waals surface area contributed by atoms with Crippen molar-refractivity contribution >= 4 is 15.8 Å². The summed E-state index contributed by atoms with van der Waals surface area (Å²) in [5.74, 6) is 0.932. The van der Waals surface area contributed by atoms with Gasteiger partial charge in [-0.3, -0.25) is 0 Å². The maximum absolute atomic E-state index is 12.4. The van der Waals surface area contributed by atoms with E-state index >= 15 is 0 Å². The monoisotopic (exact) mass is 285 g/mol. The summed E-state index contributed by atoms with van der Waals surface area (Å²) < 4.78 is 31.4. The largest absolute Gasteiger partial charge is 0.384 e. The second-order valence-corrected chi connectivity index (χ2v) is 6.54. The zero-order valence-electron chi connectivity index (χ0n) is 11.2. The molecular weight excluding hydrogens is 266 g/mol. The molecule has 1 aromatic heterocycles. The normalized spacial score (nSPS) is 20.6. The first kappa shape index (κ1) is 14.2. The molecule has 0 spiro atoms. The zero-order chi connectivity index (χ0) is 13.9. The first-order valence-electron chi connectivity index (χ1n) is 6.21. The molecule has 0 aliphatic carbocycles. The van der Waals surface area contributed by atoms with Crippen molar-refractivity contribution in [2.75, 3.05) is 39.2 Å². The summed E-state index contributed by atoms with van der Waals surface area (Å²) in [6.45, 7) is 1.66. The van der Waals surface area contributed by atoms with Crippen LogP contribution in [0.4, 0.5) is 5.82 Å². The lowest BCUT2D eigenvalue weighted by atomic mass is 10.1. The highest BCUT2D eigenvalue weighted by molar-refractivity contribution is 7.89. The van der Waals surface area contributed by atoms with Gasteiger partial charge in [0.25, 0.3) is 0 Å². The van der Waals surface area contributed by atoms with Crippen LogP contribution in [0.2, 0.25) is 0 Å². The number of aromatic nitrogens is 1. The molecule has 0 radical (unpaired) electrons. The maximum Gasteiger partial charge on any atom is 0.244 e. The molecule has 1 aliphatic heterocycles. The summed E-state index contributed by atoms with van der Waals surface area (Å²) in [5, 5.41) is 2.86. The molecule has 0 aromatic carbocycles. The van der Waals surface area contributed by atoms with Gasteiger partial charge in [-0.1, -0.05) is 0 Å². The fraction of sp³-hybridized carbons (Fsp3) is 0.583. The number of pyridine rings is 1. The van der Waals surface area contributed by atoms with E-state index in [0.29, 0.717) is 25.5 Å². The molecule has 0 saturated carbocycles. The van der Waals surface area contributed by atoms with E-state index in [4.69, 9.17) is 4.74 Å². The van der Waals surface area contributed by atoms with Gasteiger partial charge in [0.1, 0.15) is 10.7 Å². The minimum absolute atomic E-state index is 0.240. The molecule has 1 fully saturated rings. The lowest BCUT2D eigenvalue weighted by Gasteiger charge is -2.16. The third-order valence-corrected chi connectivity index (χ3v) is 5.13. The van der Waals surface area contributed by atoms with E-state index in [1.54, 1.807) is 26.3 Å². The quantitative estimate of drug-likeness (QED) is 0.865. The Morgan fingerprint density at radius 3 is 2.89 bits per heavy atom. The van der Waals surface area contributed by atoms with E-state index in [-0.39, 0.29) is 10.8 Å². The molecule has 1 saturated heterocycles. The molecule has 0 amide bonds. The molecular formula is C12H19N3O3S. The molecule has 1 unspecified atom stereocenters. The summed E-state index contributed by atoms with van der Waals surface area (Å²) in [5.41, 5.74) is 0. The molecule has 7 heteroatoms.